The molecule has 0 bridgehead atoms. The van der Waals surface area contributed by atoms with E-state index >= 15 is 0 Å². The molecule has 0 saturated heterocycles. The van der Waals surface area contributed by atoms with Crippen LogP contribution in [0.15, 0.2) is 18.2 Å². The van der Waals surface area contributed by atoms with Crippen LogP contribution in [0.5, 0.6) is 0 Å². The zero-order valence-corrected chi connectivity index (χ0v) is 10.5. The van der Waals surface area contributed by atoms with Gasteiger partial charge in [0.05, 0.1) is 11.0 Å². The van der Waals surface area contributed by atoms with Crippen molar-refractivity contribution in [2.24, 2.45) is 5.73 Å². The van der Waals surface area contributed by atoms with E-state index in [4.69, 9.17) is 18.0 Å². The molecule has 0 radical (unpaired) electrons. The van der Waals surface area contributed by atoms with Crippen molar-refractivity contribution in [3.05, 3.63) is 34.9 Å². The van der Waals surface area contributed by atoms with Gasteiger partial charge < -0.3 is 11.1 Å². The van der Waals surface area contributed by atoms with Crippen molar-refractivity contribution in [2.75, 3.05) is 0 Å². The second-order valence-corrected chi connectivity index (χ2v) is 4.39. The van der Waals surface area contributed by atoms with Crippen molar-refractivity contribution in [3.63, 3.8) is 0 Å². The van der Waals surface area contributed by atoms with E-state index in [0.29, 0.717) is 10.6 Å². The zero-order valence-electron chi connectivity index (χ0n) is 9.70. The van der Waals surface area contributed by atoms with E-state index in [-0.39, 0.29) is 11.9 Å². The fraction of sp³-hybridized carbons (Fsp3) is 0.333. The van der Waals surface area contributed by atoms with E-state index in [1.165, 1.54) is 0 Å². The van der Waals surface area contributed by atoms with Crippen LogP contribution in [0.3, 0.4) is 0 Å². The molecule has 1 aromatic carbocycles. The molecule has 1 atom stereocenters. The Morgan fingerprint density at radius 3 is 2.62 bits per heavy atom. The lowest BCUT2D eigenvalue weighted by atomic mass is 10.0. The molecule has 3 N–H and O–H groups in total. The summed E-state index contributed by atoms with van der Waals surface area (Å²) in [5, 5.41) is 2.76. The standard InChI is InChI=1S/C12H16N2OS/c1-7-4-5-8(2)10(6-7)12(15)14-9(3)11(13)16/h4-6,9H,1-3H3,(H2,13,16)(H,14,15). The molecule has 0 fully saturated rings. The molecule has 0 aliphatic carbocycles. The molecule has 0 aliphatic heterocycles. The maximum Gasteiger partial charge on any atom is 0.252 e. The fourth-order valence-corrected chi connectivity index (χ4v) is 1.38. The minimum atomic E-state index is -0.289. The van der Waals surface area contributed by atoms with Gasteiger partial charge in [0.1, 0.15) is 0 Å². The Morgan fingerprint density at radius 1 is 1.44 bits per heavy atom. The van der Waals surface area contributed by atoms with Crippen LogP contribution in [-0.4, -0.2) is 16.9 Å². The Kier molecular flexibility index (Phi) is 4.01. The summed E-state index contributed by atoms with van der Waals surface area (Å²) in [6.07, 6.45) is 0. The van der Waals surface area contributed by atoms with Gasteiger partial charge in [0.25, 0.3) is 5.91 Å². The maximum absolute atomic E-state index is 11.9. The Hall–Kier alpha value is -1.42. The highest BCUT2D eigenvalue weighted by Gasteiger charge is 2.13. The smallest absolute Gasteiger partial charge is 0.252 e. The van der Waals surface area contributed by atoms with E-state index in [0.717, 1.165) is 11.1 Å². The lowest BCUT2D eigenvalue weighted by Gasteiger charge is -2.13. The molecule has 1 rings (SSSR count). The van der Waals surface area contributed by atoms with Crippen LogP contribution in [0.1, 0.15) is 28.4 Å². The molecule has 0 saturated carbocycles. The first-order chi connectivity index (χ1) is 7.41. The number of hydrogen-bond donors (Lipinski definition) is 2. The summed E-state index contributed by atoms with van der Waals surface area (Å²) in [6, 6.07) is 5.47. The van der Waals surface area contributed by atoms with Crippen LogP contribution < -0.4 is 11.1 Å². The Balaban J connectivity index is 2.88. The first kappa shape index (κ1) is 12.6. The molecule has 0 aromatic heterocycles. The third kappa shape index (κ3) is 3.03. The van der Waals surface area contributed by atoms with Crippen LogP contribution >= 0.6 is 12.2 Å². The number of rotatable bonds is 3. The minimum absolute atomic E-state index is 0.137. The Morgan fingerprint density at radius 2 is 2.06 bits per heavy atom. The summed E-state index contributed by atoms with van der Waals surface area (Å²) in [5.41, 5.74) is 8.11. The van der Waals surface area contributed by atoms with Gasteiger partial charge in [-0.2, -0.15) is 0 Å². The highest BCUT2D eigenvalue weighted by molar-refractivity contribution is 7.80. The van der Waals surface area contributed by atoms with Crippen molar-refractivity contribution >= 4 is 23.1 Å². The molecule has 1 amide bonds. The number of hydrogen-bond acceptors (Lipinski definition) is 2. The van der Waals surface area contributed by atoms with E-state index in [1.54, 1.807) is 6.92 Å². The number of nitrogens with one attached hydrogen (secondary N) is 1. The molecule has 1 aromatic rings. The highest BCUT2D eigenvalue weighted by Crippen LogP contribution is 2.10. The van der Waals surface area contributed by atoms with Gasteiger partial charge in [-0.25, -0.2) is 0 Å². The Bertz CT molecular complexity index is 429. The molecule has 3 nitrogen and oxygen atoms in total. The zero-order chi connectivity index (χ0) is 12.3. The summed E-state index contributed by atoms with van der Waals surface area (Å²) < 4.78 is 0. The number of amides is 1. The monoisotopic (exact) mass is 236 g/mol. The number of nitrogens with two attached hydrogens (primary N) is 1. The lowest BCUT2D eigenvalue weighted by Crippen LogP contribution is -2.41. The van der Waals surface area contributed by atoms with Gasteiger partial charge >= 0.3 is 0 Å². The van der Waals surface area contributed by atoms with Crippen molar-refractivity contribution in [3.8, 4) is 0 Å². The van der Waals surface area contributed by atoms with E-state index in [1.807, 2.05) is 32.0 Å². The van der Waals surface area contributed by atoms with Gasteiger partial charge in [-0.15, -0.1) is 0 Å². The molecule has 0 spiro atoms. The molecule has 0 aliphatic rings. The summed E-state index contributed by atoms with van der Waals surface area (Å²) in [6.45, 7) is 5.62. The maximum atomic E-state index is 11.9. The van der Waals surface area contributed by atoms with E-state index in [2.05, 4.69) is 5.32 Å². The van der Waals surface area contributed by atoms with Gasteiger partial charge in [0, 0.05) is 5.56 Å². The van der Waals surface area contributed by atoms with Crippen molar-refractivity contribution in [2.45, 2.75) is 26.8 Å². The number of carbonyl (C=O) groups excluding carboxylic acids is 1. The number of benzene rings is 1. The normalized spacial score (nSPS) is 11.9. The summed E-state index contributed by atoms with van der Waals surface area (Å²) in [4.78, 5) is 12.2. The SMILES string of the molecule is Cc1ccc(C)c(C(=O)NC(C)C(N)=S)c1. The quantitative estimate of drug-likeness (QED) is 0.786. The first-order valence-electron chi connectivity index (χ1n) is 5.09. The van der Waals surface area contributed by atoms with Gasteiger partial charge in [0.15, 0.2) is 0 Å². The molecule has 16 heavy (non-hydrogen) atoms. The second kappa shape index (κ2) is 5.07. The first-order valence-corrected chi connectivity index (χ1v) is 5.50. The summed E-state index contributed by atoms with van der Waals surface area (Å²) in [5.74, 6) is -0.137. The van der Waals surface area contributed by atoms with Crippen molar-refractivity contribution in [1.29, 1.82) is 0 Å². The number of aryl methyl sites for hydroxylation is 2. The van der Waals surface area contributed by atoms with Crippen molar-refractivity contribution in [1.82, 2.24) is 5.32 Å². The fourth-order valence-electron chi connectivity index (χ4n) is 1.33. The molecular weight excluding hydrogens is 220 g/mol. The molecule has 1 unspecified atom stereocenters. The average molecular weight is 236 g/mol. The van der Waals surface area contributed by atoms with Gasteiger partial charge in [-0.05, 0) is 32.4 Å². The molecule has 0 heterocycles. The third-order valence-electron chi connectivity index (χ3n) is 2.41. The van der Waals surface area contributed by atoms with Crippen LogP contribution in [0.2, 0.25) is 0 Å². The minimum Gasteiger partial charge on any atom is -0.392 e. The summed E-state index contributed by atoms with van der Waals surface area (Å²) in [7, 11) is 0. The number of thiocarbonyl (C=S) groups is 1. The Labute approximate surface area is 101 Å². The molecular formula is C12H16N2OS. The highest BCUT2D eigenvalue weighted by atomic mass is 32.1. The van der Waals surface area contributed by atoms with E-state index in [9.17, 15) is 4.79 Å². The topological polar surface area (TPSA) is 55.1 Å². The second-order valence-electron chi connectivity index (χ2n) is 3.92. The largest absolute Gasteiger partial charge is 0.392 e. The van der Waals surface area contributed by atoms with Crippen molar-refractivity contribution < 1.29 is 4.79 Å². The van der Waals surface area contributed by atoms with Crippen LogP contribution in [0, 0.1) is 13.8 Å². The lowest BCUT2D eigenvalue weighted by molar-refractivity contribution is 0.0948. The van der Waals surface area contributed by atoms with Crippen LogP contribution in [-0.2, 0) is 0 Å². The predicted molar refractivity (Wildman–Crippen MR) is 69.6 cm³/mol. The predicted octanol–water partition coefficient (Wildman–Crippen LogP) is 1.71. The molecule has 86 valence electrons. The number of carbonyl (C=O) groups is 1. The van der Waals surface area contributed by atoms with Gasteiger partial charge in [-0.1, -0.05) is 29.9 Å². The summed E-state index contributed by atoms with van der Waals surface area (Å²) >= 11 is 4.81. The van der Waals surface area contributed by atoms with Gasteiger partial charge in [-0.3, -0.25) is 4.79 Å². The molecule has 4 heteroatoms. The van der Waals surface area contributed by atoms with Crippen LogP contribution in [0.25, 0.3) is 0 Å². The van der Waals surface area contributed by atoms with Gasteiger partial charge in [0.2, 0.25) is 0 Å². The van der Waals surface area contributed by atoms with Crippen LogP contribution in [0.4, 0.5) is 0 Å². The third-order valence-corrected chi connectivity index (χ3v) is 2.77. The van der Waals surface area contributed by atoms with E-state index < -0.39 is 0 Å². The average Bonchev–Trinajstić information content (AvgIpc) is 2.21.